The minimum Gasteiger partial charge on any atom is -0.465 e. The van der Waals surface area contributed by atoms with Gasteiger partial charge in [0.15, 0.2) is 0 Å². The highest BCUT2D eigenvalue weighted by atomic mass is 19.1. The average molecular weight is 389 g/mol. The Bertz CT molecular complexity index is 692. The summed E-state index contributed by atoms with van der Waals surface area (Å²) in [6.45, 7) is 2.18. The van der Waals surface area contributed by atoms with Gasteiger partial charge in [-0.2, -0.15) is 5.26 Å². The number of nitrogens with zero attached hydrogens (tertiary/aromatic N) is 2. The molecule has 2 rings (SSSR count). The van der Waals surface area contributed by atoms with E-state index in [-0.39, 0.29) is 31.4 Å². The molecule has 28 heavy (non-hydrogen) atoms. The van der Waals surface area contributed by atoms with Gasteiger partial charge in [-0.1, -0.05) is 37.8 Å². The van der Waals surface area contributed by atoms with Crippen LogP contribution in [0, 0.1) is 17.1 Å². The zero-order chi connectivity index (χ0) is 20.4. The Kier molecular flexibility index (Phi) is 8.40. The molecule has 1 aromatic rings. The number of amides is 1. The largest absolute Gasteiger partial charge is 0.465 e. The van der Waals surface area contributed by atoms with Gasteiger partial charge in [-0.15, -0.1) is 0 Å². The van der Waals surface area contributed by atoms with Crippen molar-refractivity contribution in [2.45, 2.75) is 57.5 Å². The highest BCUT2D eigenvalue weighted by Crippen LogP contribution is 2.26. The summed E-state index contributed by atoms with van der Waals surface area (Å²) in [5, 5.41) is 12.5. The third-order valence-corrected chi connectivity index (χ3v) is 4.89. The molecule has 7 heteroatoms. The Morgan fingerprint density at radius 3 is 2.39 bits per heavy atom. The molecule has 1 aliphatic rings. The summed E-state index contributed by atoms with van der Waals surface area (Å²) in [7, 11) is 0. The van der Waals surface area contributed by atoms with Gasteiger partial charge in [-0.25, -0.2) is 4.39 Å². The predicted octanol–water partition coefficient (Wildman–Crippen LogP) is 2.92. The third kappa shape index (κ3) is 6.93. The van der Waals surface area contributed by atoms with E-state index in [1.54, 1.807) is 24.0 Å². The molecule has 0 saturated heterocycles. The first-order valence-corrected chi connectivity index (χ1v) is 9.81. The predicted molar refractivity (Wildman–Crippen MR) is 102 cm³/mol. The van der Waals surface area contributed by atoms with E-state index in [2.05, 4.69) is 11.4 Å². The lowest BCUT2D eigenvalue weighted by atomic mass is 9.92. The molecule has 0 radical (unpaired) electrons. The van der Waals surface area contributed by atoms with Crippen LogP contribution in [0.5, 0.6) is 0 Å². The molecular weight excluding hydrogens is 361 g/mol. The summed E-state index contributed by atoms with van der Waals surface area (Å²) >= 11 is 0. The molecule has 0 spiro atoms. The fourth-order valence-electron chi connectivity index (χ4n) is 3.51. The zero-order valence-corrected chi connectivity index (χ0v) is 16.4. The summed E-state index contributed by atoms with van der Waals surface area (Å²) in [6.07, 6.45) is 5.25. The molecule has 1 N–H and O–H groups in total. The van der Waals surface area contributed by atoms with Crippen molar-refractivity contribution in [3.63, 3.8) is 0 Å². The molecule has 0 heterocycles. The van der Waals surface area contributed by atoms with Gasteiger partial charge in [0, 0.05) is 6.54 Å². The van der Waals surface area contributed by atoms with E-state index >= 15 is 0 Å². The number of hydrogen-bond acceptors (Lipinski definition) is 5. The number of esters is 1. The number of carbonyl (C=O) groups excluding carboxylic acids is 2. The monoisotopic (exact) mass is 389 g/mol. The second kappa shape index (κ2) is 10.8. The molecule has 0 atom stereocenters. The van der Waals surface area contributed by atoms with E-state index in [1.165, 1.54) is 12.1 Å². The van der Waals surface area contributed by atoms with Crippen molar-refractivity contribution in [2.75, 3.05) is 19.7 Å². The third-order valence-electron chi connectivity index (χ3n) is 4.89. The molecule has 1 aliphatic carbocycles. The first-order chi connectivity index (χ1) is 13.5. The van der Waals surface area contributed by atoms with E-state index in [4.69, 9.17) is 4.74 Å². The van der Waals surface area contributed by atoms with Gasteiger partial charge in [-0.3, -0.25) is 14.5 Å². The average Bonchev–Trinajstić information content (AvgIpc) is 2.89. The van der Waals surface area contributed by atoms with Crippen LogP contribution in [0.3, 0.4) is 0 Å². The summed E-state index contributed by atoms with van der Waals surface area (Å²) < 4.78 is 18.1. The molecule has 1 saturated carbocycles. The number of rotatable bonds is 8. The first-order valence-electron chi connectivity index (χ1n) is 9.81. The van der Waals surface area contributed by atoms with Crippen molar-refractivity contribution in [1.29, 1.82) is 5.26 Å². The maximum absolute atomic E-state index is 13.1. The molecule has 1 aromatic carbocycles. The highest BCUT2D eigenvalue weighted by Gasteiger charge is 2.33. The van der Waals surface area contributed by atoms with Crippen LogP contribution >= 0.6 is 0 Å². The summed E-state index contributed by atoms with van der Waals surface area (Å²) in [4.78, 5) is 26.2. The summed E-state index contributed by atoms with van der Waals surface area (Å²) in [6, 6.07) is 8.21. The number of hydrogen-bond donors (Lipinski definition) is 1. The van der Waals surface area contributed by atoms with Gasteiger partial charge in [0.05, 0.1) is 25.8 Å². The second-order valence-corrected chi connectivity index (χ2v) is 7.23. The van der Waals surface area contributed by atoms with Crippen LogP contribution < -0.4 is 5.32 Å². The fourth-order valence-corrected chi connectivity index (χ4v) is 3.51. The van der Waals surface area contributed by atoms with Gasteiger partial charge in [0.25, 0.3) is 0 Å². The number of nitrogens with one attached hydrogen (secondary N) is 1. The molecule has 1 amide bonds. The van der Waals surface area contributed by atoms with Crippen molar-refractivity contribution >= 4 is 11.9 Å². The molecule has 152 valence electrons. The topological polar surface area (TPSA) is 82.4 Å². The minimum absolute atomic E-state index is 0.0420. The normalized spacial score (nSPS) is 16.1. The molecular formula is C21H28FN3O3. The van der Waals surface area contributed by atoms with E-state index in [9.17, 15) is 19.2 Å². The van der Waals surface area contributed by atoms with Gasteiger partial charge < -0.3 is 10.1 Å². The SMILES string of the molecule is CCOC(=O)CN(CC(=O)NC1(C#N)CCCCCC1)Cc1ccc(F)cc1. The van der Waals surface area contributed by atoms with Crippen LogP contribution in [-0.2, 0) is 20.9 Å². The van der Waals surface area contributed by atoms with Crippen molar-refractivity contribution in [3.8, 4) is 6.07 Å². The van der Waals surface area contributed by atoms with E-state index in [1.807, 2.05) is 0 Å². The summed E-state index contributed by atoms with van der Waals surface area (Å²) in [5.74, 6) is -1.07. The number of benzene rings is 1. The van der Waals surface area contributed by atoms with Crippen LogP contribution in [0.4, 0.5) is 4.39 Å². The van der Waals surface area contributed by atoms with Crippen molar-refractivity contribution in [2.24, 2.45) is 0 Å². The second-order valence-electron chi connectivity index (χ2n) is 7.23. The van der Waals surface area contributed by atoms with Crippen LogP contribution in [-0.4, -0.2) is 42.0 Å². The van der Waals surface area contributed by atoms with Gasteiger partial charge >= 0.3 is 5.97 Å². The molecule has 0 unspecified atom stereocenters. The Labute approximate surface area is 165 Å². The molecule has 0 aromatic heterocycles. The quantitative estimate of drug-likeness (QED) is 0.546. The van der Waals surface area contributed by atoms with Crippen LogP contribution in [0.1, 0.15) is 51.0 Å². The van der Waals surface area contributed by atoms with Gasteiger partial charge in [-0.05, 0) is 37.5 Å². The Morgan fingerprint density at radius 1 is 1.18 bits per heavy atom. The van der Waals surface area contributed by atoms with Crippen molar-refractivity contribution < 1.29 is 18.7 Å². The fraction of sp³-hybridized carbons (Fsp3) is 0.571. The first kappa shape index (κ1) is 21.8. The Balaban J connectivity index is 2.04. The van der Waals surface area contributed by atoms with Crippen molar-refractivity contribution in [1.82, 2.24) is 10.2 Å². The van der Waals surface area contributed by atoms with Crippen LogP contribution in [0.25, 0.3) is 0 Å². The number of carbonyl (C=O) groups is 2. The zero-order valence-electron chi connectivity index (χ0n) is 16.4. The van der Waals surface area contributed by atoms with Crippen molar-refractivity contribution in [3.05, 3.63) is 35.6 Å². The molecule has 1 fully saturated rings. The van der Waals surface area contributed by atoms with E-state index in [0.29, 0.717) is 19.4 Å². The Hall–Kier alpha value is -2.46. The smallest absolute Gasteiger partial charge is 0.320 e. The number of nitriles is 1. The Morgan fingerprint density at radius 2 is 1.82 bits per heavy atom. The standard InChI is InChI=1S/C21H28FN3O3/c1-2-28-20(27)15-25(13-17-7-9-18(22)10-8-17)14-19(26)24-21(16-23)11-5-3-4-6-12-21/h7-10H,2-6,11-15H2,1H3,(H,24,26). The van der Waals surface area contributed by atoms with Crippen LogP contribution in [0.15, 0.2) is 24.3 Å². The minimum atomic E-state index is -0.834. The van der Waals surface area contributed by atoms with Crippen LogP contribution in [0.2, 0.25) is 0 Å². The maximum atomic E-state index is 13.1. The molecule has 0 aliphatic heterocycles. The lowest BCUT2D eigenvalue weighted by Crippen LogP contribution is -2.50. The number of ether oxygens (including phenoxy) is 1. The van der Waals surface area contributed by atoms with Gasteiger partial charge in [0.2, 0.25) is 5.91 Å². The lowest BCUT2D eigenvalue weighted by molar-refractivity contribution is -0.144. The maximum Gasteiger partial charge on any atom is 0.320 e. The molecule has 6 nitrogen and oxygen atoms in total. The van der Waals surface area contributed by atoms with E-state index in [0.717, 1.165) is 31.2 Å². The van der Waals surface area contributed by atoms with Gasteiger partial charge in [0.1, 0.15) is 11.4 Å². The number of halogens is 1. The lowest BCUT2D eigenvalue weighted by Gasteiger charge is -2.28. The van der Waals surface area contributed by atoms with E-state index < -0.39 is 11.5 Å². The summed E-state index contributed by atoms with van der Waals surface area (Å²) in [5.41, 5.74) is -0.0537. The highest BCUT2D eigenvalue weighted by molar-refractivity contribution is 5.80. The molecule has 0 bridgehead atoms.